The van der Waals surface area contributed by atoms with Crippen LogP contribution in [0.4, 0.5) is 5.69 Å². The molecule has 0 spiro atoms. The average Bonchev–Trinajstić information content (AvgIpc) is 2.93. The molecular weight excluding hydrogens is 348 g/mol. The first kappa shape index (κ1) is 16.9. The molecule has 0 radical (unpaired) electrons. The number of hydrogen-bond donors (Lipinski definition) is 1. The largest absolute Gasteiger partial charge is 0.265 e. The molecule has 1 N–H and O–H groups in total. The predicted molar refractivity (Wildman–Crippen MR) is 92.1 cm³/mol. The summed E-state index contributed by atoms with van der Waals surface area (Å²) in [4.78, 5) is 0.0978. The van der Waals surface area contributed by atoms with E-state index in [9.17, 15) is 16.8 Å². The summed E-state index contributed by atoms with van der Waals surface area (Å²) < 4.78 is 53.0. The number of nitrogens with zero attached hydrogens (tertiary/aromatic N) is 1. The summed E-state index contributed by atoms with van der Waals surface area (Å²) in [6, 6.07) is 12.7. The van der Waals surface area contributed by atoms with E-state index in [4.69, 9.17) is 0 Å². The molecule has 6 nitrogen and oxygen atoms in total. The fourth-order valence-corrected chi connectivity index (χ4v) is 5.15. The van der Waals surface area contributed by atoms with Crippen LogP contribution in [-0.4, -0.2) is 30.4 Å². The lowest BCUT2D eigenvalue weighted by atomic mass is 10.0. The number of nitrogens with one attached hydrogen (secondary N) is 1. The summed E-state index contributed by atoms with van der Waals surface area (Å²) in [5, 5.41) is 0. The van der Waals surface area contributed by atoms with E-state index < -0.39 is 20.0 Å². The minimum Gasteiger partial charge on any atom is -0.265 e. The highest BCUT2D eigenvalue weighted by molar-refractivity contribution is 7.93. The second kappa shape index (κ2) is 5.87. The zero-order valence-corrected chi connectivity index (χ0v) is 14.9. The lowest BCUT2D eigenvalue weighted by molar-refractivity contribution is 0.585. The normalized spacial score (nSPS) is 17.8. The van der Waals surface area contributed by atoms with Gasteiger partial charge in [-0.2, -0.15) is 0 Å². The quantitative estimate of drug-likeness (QED) is 0.896. The smallest absolute Gasteiger partial charge is 0.264 e. The Morgan fingerprint density at radius 3 is 2.17 bits per heavy atom. The van der Waals surface area contributed by atoms with Gasteiger partial charge in [0.25, 0.3) is 10.0 Å². The van der Waals surface area contributed by atoms with Gasteiger partial charge in [0.15, 0.2) is 0 Å². The molecule has 128 valence electrons. The zero-order valence-electron chi connectivity index (χ0n) is 13.3. The molecule has 0 fully saturated rings. The Morgan fingerprint density at radius 1 is 0.958 bits per heavy atom. The summed E-state index contributed by atoms with van der Waals surface area (Å²) in [6.07, 6.45) is 0. The second-order valence-corrected chi connectivity index (χ2v) is 9.42. The molecule has 0 saturated carbocycles. The molecule has 8 heteroatoms. The minimum atomic E-state index is -3.74. The molecule has 1 aliphatic rings. The summed E-state index contributed by atoms with van der Waals surface area (Å²) in [7, 11) is -6.02. The van der Waals surface area contributed by atoms with Crippen LogP contribution >= 0.6 is 0 Å². The third-order valence-corrected chi connectivity index (χ3v) is 7.39. The maximum absolute atomic E-state index is 12.9. The van der Waals surface area contributed by atoms with Gasteiger partial charge in [-0.15, -0.1) is 0 Å². The van der Waals surface area contributed by atoms with Crippen molar-refractivity contribution in [1.82, 2.24) is 4.72 Å². The van der Waals surface area contributed by atoms with Crippen molar-refractivity contribution in [2.45, 2.75) is 22.6 Å². The van der Waals surface area contributed by atoms with Crippen molar-refractivity contribution >= 4 is 25.7 Å². The topological polar surface area (TPSA) is 83.5 Å². The lowest BCUT2D eigenvalue weighted by Gasteiger charge is -2.20. The summed E-state index contributed by atoms with van der Waals surface area (Å²) >= 11 is 0. The SMILES string of the molecule is CNS(=O)(=O)c1ccc(S(=O)(=O)N2CC(C)c3ccccc32)cc1. The maximum Gasteiger partial charge on any atom is 0.264 e. The molecule has 0 bridgehead atoms. The first-order chi connectivity index (χ1) is 11.3. The van der Waals surface area contributed by atoms with Crippen molar-refractivity contribution in [2.75, 3.05) is 17.9 Å². The lowest BCUT2D eigenvalue weighted by Crippen LogP contribution is -2.29. The average molecular weight is 366 g/mol. The van der Waals surface area contributed by atoms with Gasteiger partial charge in [-0.3, -0.25) is 4.31 Å². The number of anilines is 1. The summed E-state index contributed by atoms with van der Waals surface area (Å²) in [5.41, 5.74) is 1.67. The summed E-state index contributed by atoms with van der Waals surface area (Å²) in [5.74, 6) is 0.111. The Labute approximate surface area is 142 Å². The van der Waals surface area contributed by atoms with Crippen LogP contribution in [0.5, 0.6) is 0 Å². The van der Waals surface area contributed by atoms with Gasteiger partial charge < -0.3 is 0 Å². The Balaban J connectivity index is 2.01. The number of fused-ring (bicyclic) bond motifs is 1. The van der Waals surface area contributed by atoms with E-state index >= 15 is 0 Å². The highest BCUT2D eigenvalue weighted by atomic mass is 32.2. The Morgan fingerprint density at radius 2 is 1.54 bits per heavy atom. The van der Waals surface area contributed by atoms with Crippen LogP contribution in [0, 0.1) is 0 Å². The van der Waals surface area contributed by atoms with E-state index in [2.05, 4.69) is 4.72 Å². The van der Waals surface area contributed by atoms with Crippen molar-refractivity contribution in [3.63, 3.8) is 0 Å². The third-order valence-electron chi connectivity index (χ3n) is 4.17. The van der Waals surface area contributed by atoms with Crippen LogP contribution in [-0.2, 0) is 20.0 Å². The van der Waals surface area contributed by atoms with Crippen LogP contribution in [0.3, 0.4) is 0 Å². The van der Waals surface area contributed by atoms with E-state index in [0.29, 0.717) is 12.2 Å². The van der Waals surface area contributed by atoms with Crippen molar-refractivity contribution in [3.8, 4) is 0 Å². The van der Waals surface area contributed by atoms with E-state index in [1.807, 2.05) is 25.1 Å². The van der Waals surface area contributed by atoms with Gasteiger partial charge in [0.1, 0.15) is 0 Å². The monoisotopic (exact) mass is 366 g/mol. The summed E-state index contributed by atoms with van der Waals surface area (Å²) in [6.45, 7) is 2.36. The molecule has 1 atom stereocenters. The van der Waals surface area contributed by atoms with Gasteiger partial charge >= 0.3 is 0 Å². The highest BCUT2D eigenvalue weighted by Gasteiger charge is 2.34. The molecule has 1 heterocycles. The van der Waals surface area contributed by atoms with E-state index in [0.717, 1.165) is 5.56 Å². The van der Waals surface area contributed by atoms with Gasteiger partial charge in [-0.25, -0.2) is 21.6 Å². The van der Waals surface area contributed by atoms with Crippen molar-refractivity contribution < 1.29 is 16.8 Å². The van der Waals surface area contributed by atoms with E-state index in [1.54, 1.807) is 6.07 Å². The molecule has 3 rings (SSSR count). The highest BCUT2D eigenvalue weighted by Crippen LogP contribution is 2.39. The second-order valence-electron chi connectivity index (χ2n) is 5.67. The standard InChI is InChI=1S/C16H18N2O4S2/c1-12-11-18(16-6-4-3-5-15(12)16)24(21,22)14-9-7-13(8-10-14)23(19,20)17-2/h3-10,12,17H,11H2,1-2H3. The third kappa shape index (κ3) is 2.70. The Kier molecular flexibility index (Phi) is 4.15. The molecule has 0 saturated heterocycles. The minimum absolute atomic E-state index is 0.0270. The zero-order chi connectivity index (χ0) is 17.5. The number of sulfonamides is 2. The Bertz CT molecular complexity index is 967. The molecule has 0 aromatic heterocycles. The first-order valence-corrected chi connectivity index (χ1v) is 10.3. The molecular formula is C16H18N2O4S2. The first-order valence-electron chi connectivity index (χ1n) is 7.42. The molecule has 2 aromatic carbocycles. The fourth-order valence-electron chi connectivity index (χ4n) is 2.84. The maximum atomic E-state index is 12.9. The molecule has 2 aromatic rings. The fraction of sp³-hybridized carbons (Fsp3) is 0.250. The van der Waals surface area contributed by atoms with Crippen LogP contribution in [0.1, 0.15) is 18.4 Å². The number of rotatable bonds is 4. The van der Waals surface area contributed by atoms with Crippen LogP contribution in [0.15, 0.2) is 58.3 Å². The van der Waals surface area contributed by atoms with Crippen molar-refractivity contribution in [1.29, 1.82) is 0 Å². The molecule has 0 amide bonds. The number of hydrogen-bond acceptors (Lipinski definition) is 4. The van der Waals surface area contributed by atoms with Crippen LogP contribution in [0.25, 0.3) is 0 Å². The van der Waals surface area contributed by atoms with Crippen molar-refractivity contribution in [2.24, 2.45) is 0 Å². The van der Waals surface area contributed by atoms with Gasteiger partial charge in [-0.05, 0) is 42.9 Å². The molecule has 1 unspecified atom stereocenters. The van der Waals surface area contributed by atoms with Crippen LogP contribution in [0.2, 0.25) is 0 Å². The van der Waals surface area contributed by atoms with Gasteiger partial charge in [0.2, 0.25) is 10.0 Å². The van der Waals surface area contributed by atoms with Crippen molar-refractivity contribution in [3.05, 3.63) is 54.1 Å². The van der Waals surface area contributed by atoms with Gasteiger partial charge in [0, 0.05) is 12.5 Å². The van der Waals surface area contributed by atoms with Gasteiger partial charge in [-0.1, -0.05) is 25.1 Å². The Hall–Kier alpha value is -1.90. The van der Waals surface area contributed by atoms with E-state index in [1.165, 1.54) is 35.6 Å². The van der Waals surface area contributed by atoms with Crippen LogP contribution < -0.4 is 9.03 Å². The van der Waals surface area contributed by atoms with E-state index in [-0.39, 0.29) is 15.7 Å². The number of benzene rings is 2. The predicted octanol–water partition coefficient (Wildman–Crippen LogP) is 1.91. The molecule has 24 heavy (non-hydrogen) atoms. The molecule has 1 aliphatic heterocycles. The van der Waals surface area contributed by atoms with Gasteiger partial charge in [0.05, 0.1) is 15.5 Å². The molecule has 0 aliphatic carbocycles. The number of para-hydroxylation sites is 1.